The number of nitrogens with two attached hydrogens (primary N) is 1. The van der Waals surface area contributed by atoms with Crippen LogP contribution >= 0.6 is 11.6 Å². The van der Waals surface area contributed by atoms with Crippen LogP contribution in [-0.4, -0.2) is 59.8 Å². The van der Waals surface area contributed by atoms with Gasteiger partial charge in [0.05, 0.1) is 28.1 Å². The Kier molecular flexibility index (Phi) is 6.63. The topological polar surface area (TPSA) is 70.1 Å². The van der Waals surface area contributed by atoms with E-state index < -0.39 is 6.03 Å². The average molecular weight is 441 g/mol. The van der Waals surface area contributed by atoms with Crippen molar-refractivity contribution in [3.05, 3.63) is 59.4 Å². The third-order valence-electron chi connectivity index (χ3n) is 5.94. The molecule has 3 heterocycles. The number of primary amides is 1. The second-order valence-corrected chi connectivity index (χ2v) is 8.38. The first-order valence-electron chi connectivity index (χ1n) is 10.8. The lowest BCUT2D eigenvalue weighted by Crippen LogP contribution is -2.46. The number of rotatable bonds is 7. The van der Waals surface area contributed by atoms with Crippen molar-refractivity contribution in [3.63, 3.8) is 0 Å². The van der Waals surface area contributed by atoms with Crippen molar-refractivity contribution in [1.82, 2.24) is 14.5 Å². The molecule has 1 aliphatic rings. The number of amides is 2. The normalized spacial score (nSPS) is 14.8. The lowest BCUT2D eigenvalue weighted by atomic mass is 10.2. The minimum atomic E-state index is -0.440. The lowest BCUT2D eigenvalue weighted by molar-refractivity contribution is 0.249. The van der Waals surface area contributed by atoms with Crippen LogP contribution in [0.1, 0.15) is 18.5 Å². The van der Waals surface area contributed by atoms with Crippen LogP contribution in [0.25, 0.3) is 5.52 Å². The number of pyridine rings is 1. The average Bonchev–Trinajstić information content (AvgIpc) is 3.19. The molecule has 0 aliphatic carbocycles. The van der Waals surface area contributed by atoms with Gasteiger partial charge in [-0.1, -0.05) is 29.8 Å². The summed E-state index contributed by atoms with van der Waals surface area (Å²) >= 11 is 6.34. The molecule has 3 aromatic rings. The maximum absolute atomic E-state index is 12.1. The Bertz CT molecular complexity index is 1040. The summed E-state index contributed by atoms with van der Waals surface area (Å²) in [7, 11) is 0. The summed E-state index contributed by atoms with van der Waals surface area (Å²) in [6, 6.07) is 13.5. The highest BCUT2D eigenvalue weighted by Crippen LogP contribution is 2.26. The number of piperazine rings is 1. The molecule has 1 fully saturated rings. The Morgan fingerprint density at radius 2 is 1.87 bits per heavy atom. The van der Waals surface area contributed by atoms with Gasteiger partial charge in [-0.3, -0.25) is 9.80 Å². The number of benzene rings is 1. The van der Waals surface area contributed by atoms with E-state index in [9.17, 15) is 4.79 Å². The van der Waals surface area contributed by atoms with Crippen molar-refractivity contribution in [2.75, 3.05) is 49.1 Å². The number of unbranched alkanes of at least 4 members (excludes halogenated alkanes) is 1. The van der Waals surface area contributed by atoms with Gasteiger partial charge in [0.25, 0.3) is 0 Å². The van der Waals surface area contributed by atoms with E-state index in [0.29, 0.717) is 6.54 Å². The highest BCUT2D eigenvalue weighted by atomic mass is 35.5. The van der Waals surface area contributed by atoms with E-state index in [0.717, 1.165) is 73.2 Å². The summed E-state index contributed by atoms with van der Waals surface area (Å²) < 4.78 is 1.84. The van der Waals surface area contributed by atoms with Gasteiger partial charge in [0.1, 0.15) is 0 Å². The van der Waals surface area contributed by atoms with Gasteiger partial charge in [-0.05, 0) is 50.6 Å². The molecule has 0 atom stereocenters. The molecule has 0 spiro atoms. The van der Waals surface area contributed by atoms with Crippen LogP contribution < -0.4 is 15.5 Å². The maximum Gasteiger partial charge on any atom is 0.319 e. The van der Waals surface area contributed by atoms with Crippen LogP contribution in [0.2, 0.25) is 5.02 Å². The van der Waals surface area contributed by atoms with Crippen molar-refractivity contribution in [2.45, 2.75) is 19.8 Å². The number of anilines is 2. The molecule has 8 heteroatoms. The summed E-state index contributed by atoms with van der Waals surface area (Å²) in [6.45, 7) is 7.55. The van der Waals surface area contributed by atoms with Crippen LogP contribution in [0.4, 0.5) is 16.2 Å². The molecule has 1 aliphatic heterocycles. The van der Waals surface area contributed by atoms with E-state index in [-0.39, 0.29) is 0 Å². The SMILES string of the molecule is Cc1cccc2c(N(CCCCN3CCN(c4ccccc4Cl)CC3)C(N)=O)cnn12. The second-order valence-electron chi connectivity index (χ2n) is 7.97. The predicted octanol–water partition coefficient (Wildman–Crippen LogP) is 3.78. The number of hydrogen-bond acceptors (Lipinski definition) is 4. The maximum atomic E-state index is 12.1. The van der Waals surface area contributed by atoms with Gasteiger partial charge in [0.2, 0.25) is 0 Å². The van der Waals surface area contributed by atoms with Crippen LogP contribution in [-0.2, 0) is 0 Å². The van der Waals surface area contributed by atoms with Crippen molar-refractivity contribution in [3.8, 4) is 0 Å². The van der Waals surface area contributed by atoms with Crippen LogP contribution in [0.5, 0.6) is 0 Å². The molecule has 1 saturated heterocycles. The van der Waals surface area contributed by atoms with Crippen LogP contribution in [0.3, 0.4) is 0 Å². The van der Waals surface area contributed by atoms with Gasteiger partial charge in [-0.25, -0.2) is 9.31 Å². The molecule has 2 N–H and O–H groups in total. The Morgan fingerprint density at radius 1 is 1.10 bits per heavy atom. The number of halogens is 1. The fourth-order valence-electron chi connectivity index (χ4n) is 4.22. The molecule has 0 unspecified atom stereocenters. The Morgan fingerprint density at radius 3 is 2.61 bits per heavy atom. The molecule has 2 amide bonds. The lowest BCUT2D eigenvalue weighted by Gasteiger charge is -2.36. The van der Waals surface area contributed by atoms with Gasteiger partial charge in [0, 0.05) is 38.4 Å². The Hall–Kier alpha value is -2.77. The van der Waals surface area contributed by atoms with Gasteiger partial charge in [-0.15, -0.1) is 0 Å². The first-order chi connectivity index (χ1) is 15.0. The van der Waals surface area contributed by atoms with Crippen molar-refractivity contribution < 1.29 is 4.79 Å². The minimum Gasteiger partial charge on any atom is -0.368 e. The fourth-order valence-corrected chi connectivity index (χ4v) is 4.47. The number of fused-ring (bicyclic) bond motifs is 1. The molecule has 7 nitrogen and oxygen atoms in total. The number of aryl methyl sites for hydroxylation is 1. The molecular formula is C23H29ClN6O. The summed E-state index contributed by atoms with van der Waals surface area (Å²) in [5, 5.41) is 5.22. The minimum absolute atomic E-state index is 0.440. The van der Waals surface area contributed by atoms with E-state index in [1.807, 2.05) is 47.8 Å². The van der Waals surface area contributed by atoms with Crippen molar-refractivity contribution >= 4 is 34.5 Å². The van der Waals surface area contributed by atoms with Gasteiger partial charge in [-0.2, -0.15) is 5.10 Å². The number of aromatic nitrogens is 2. The molecule has 31 heavy (non-hydrogen) atoms. The molecule has 1 aromatic carbocycles. The van der Waals surface area contributed by atoms with Crippen LogP contribution in [0.15, 0.2) is 48.7 Å². The van der Waals surface area contributed by atoms with Crippen molar-refractivity contribution in [2.24, 2.45) is 5.73 Å². The molecule has 0 radical (unpaired) electrons. The summed E-state index contributed by atoms with van der Waals surface area (Å²) in [5.41, 5.74) is 9.49. The summed E-state index contributed by atoms with van der Waals surface area (Å²) in [5.74, 6) is 0. The third-order valence-corrected chi connectivity index (χ3v) is 6.26. The monoisotopic (exact) mass is 440 g/mol. The molecule has 0 saturated carbocycles. The van der Waals surface area contributed by atoms with E-state index in [2.05, 4.69) is 21.0 Å². The zero-order chi connectivity index (χ0) is 21.8. The first-order valence-corrected chi connectivity index (χ1v) is 11.1. The molecule has 4 rings (SSSR count). The van der Waals surface area contributed by atoms with E-state index in [1.54, 1.807) is 11.1 Å². The van der Waals surface area contributed by atoms with Gasteiger partial charge >= 0.3 is 6.03 Å². The smallest absolute Gasteiger partial charge is 0.319 e. The molecule has 164 valence electrons. The standard InChI is InChI=1S/C23H29ClN6O/c1-18-7-6-10-21-22(17-26-30(18)21)29(23(25)31)12-5-4-11-27-13-15-28(16-14-27)20-9-3-2-8-19(20)24/h2-3,6-10,17H,4-5,11-16H2,1H3,(H2,25,31). The molecular weight excluding hydrogens is 412 g/mol. The van der Waals surface area contributed by atoms with Gasteiger partial charge < -0.3 is 10.6 Å². The number of nitrogens with zero attached hydrogens (tertiary/aromatic N) is 5. The van der Waals surface area contributed by atoms with E-state index in [1.165, 1.54) is 0 Å². The van der Waals surface area contributed by atoms with Crippen molar-refractivity contribution in [1.29, 1.82) is 0 Å². The fraction of sp³-hybridized carbons (Fsp3) is 0.391. The number of para-hydroxylation sites is 1. The quantitative estimate of drug-likeness (QED) is 0.567. The molecule has 0 bridgehead atoms. The summed E-state index contributed by atoms with van der Waals surface area (Å²) in [6.07, 6.45) is 3.62. The van der Waals surface area contributed by atoms with Gasteiger partial charge in [0.15, 0.2) is 0 Å². The number of carbonyl (C=O) groups excluding carboxylic acids is 1. The van der Waals surface area contributed by atoms with E-state index >= 15 is 0 Å². The zero-order valence-electron chi connectivity index (χ0n) is 17.9. The Balaban J connectivity index is 1.27. The number of hydrogen-bond donors (Lipinski definition) is 1. The molecule has 2 aromatic heterocycles. The summed E-state index contributed by atoms with van der Waals surface area (Å²) in [4.78, 5) is 18.6. The number of urea groups is 1. The first kappa shape index (κ1) is 21.5. The van der Waals surface area contributed by atoms with Crippen LogP contribution in [0, 0.1) is 6.92 Å². The largest absolute Gasteiger partial charge is 0.368 e. The van der Waals surface area contributed by atoms with E-state index in [4.69, 9.17) is 17.3 Å². The third kappa shape index (κ3) is 4.78. The highest BCUT2D eigenvalue weighted by molar-refractivity contribution is 6.33. The second kappa shape index (κ2) is 9.58. The Labute approximate surface area is 188 Å². The zero-order valence-corrected chi connectivity index (χ0v) is 18.6. The highest BCUT2D eigenvalue weighted by Gasteiger charge is 2.20. The number of carbonyl (C=O) groups is 1. The predicted molar refractivity (Wildman–Crippen MR) is 126 cm³/mol.